The zero-order valence-corrected chi connectivity index (χ0v) is 14.0. The van der Waals surface area contributed by atoms with Crippen LogP contribution in [0, 0.1) is 10.1 Å². The fourth-order valence-electron chi connectivity index (χ4n) is 2.69. The second-order valence-electron chi connectivity index (χ2n) is 5.36. The van der Waals surface area contributed by atoms with Gasteiger partial charge in [0.2, 0.25) is 5.82 Å². The number of anilines is 1. The molecule has 1 aliphatic heterocycles. The quantitative estimate of drug-likeness (QED) is 0.598. The number of pyridine rings is 1. The summed E-state index contributed by atoms with van der Waals surface area (Å²) in [4.78, 5) is 16.9. The van der Waals surface area contributed by atoms with Crippen LogP contribution in [0.4, 0.5) is 11.5 Å². The SMILES string of the molecule is O=[N+]([O-])c1cccnc1N1CCC(Oc2cccc(Br)c2)CC1. The molecule has 1 saturated heterocycles. The molecule has 0 radical (unpaired) electrons. The highest BCUT2D eigenvalue weighted by molar-refractivity contribution is 9.10. The van der Waals surface area contributed by atoms with Crippen molar-refractivity contribution >= 4 is 27.4 Å². The first-order valence-electron chi connectivity index (χ1n) is 7.40. The van der Waals surface area contributed by atoms with Gasteiger partial charge in [-0.2, -0.15) is 0 Å². The highest BCUT2D eigenvalue weighted by Gasteiger charge is 2.26. The minimum atomic E-state index is -0.383. The van der Waals surface area contributed by atoms with E-state index in [0.29, 0.717) is 18.9 Å². The summed E-state index contributed by atoms with van der Waals surface area (Å²) >= 11 is 3.43. The van der Waals surface area contributed by atoms with Crippen LogP contribution in [0.25, 0.3) is 0 Å². The largest absolute Gasteiger partial charge is 0.490 e. The standard InChI is InChI=1S/C16H16BrN3O3/c17-12-3-1-4-14(11-12)23-13-6-9-19(10-7-13)16-15(20(21)22)5-2-8-18-16/h1-5,8,11,13H,6-7,9-10H2. The Kier molecular flexibility index (Phi) is 4.76. The second kappa shape index (κ2) is 6.95. The highest BCUT2D eigenvalue weighted by Crippen LogP contribution is 2.29. The van der Waals surface area contributed by atoms with E-state index in [1.807, 2.05) is 29.2 Å². The average molecular weight is 378 g/mol. The normalized spacial score (nSPS) is 15.4. The molecule has 1 aromatic heterocycles. The van der Waals surface area contributed by atoms with Gasteiger partial charge in [-0.25, -0.2) is 4.98 Å². The Balaban J connectivity index is 1.64. The molecular weight excluding hydrogens is 362 g/mol. The van der Waals surface area contributed by atoms with Crippen molar-refractivity contribution in [2.75, 3.05) is 18.0 Å². The van der Waals surface area contributed by atoms with Crippen LogP contribution in [0.5, 0.6) is 5.75 Å². The first kappa shape index (κ1) is 15.7. The molecule has 0 atom stereocenters. The van der Waals surface area contributed by atoms with Crippen LogP contribution in [0.1, 0.15) is 12.8 Å². The first-order valence-corrected chi connectivity index (χ1v) is 8.19. The van der Waals surface area contributed by atoms with Crippen LogP contribution in [0.15, 0.2) is 47.1 Å². The highest BCUT2D eigenvalue weighted by atomic mass is 79.9. The Morgan fingerprint density at radius 1 is 1.26 bits per heavy atom. The Labute approximate surface area is 142 Å². The van der Waals surface area contributed by atoms with E-state index in [0.717, 1.165) is 23.1 Å². The van der Waals surface area contributed by atoms with Crippen molar-refractivity contribution in [3.05, 3.63) is 57.2 Å². The molecule has 0 aliphatic carbocycles. The summed E-state index contributed by atoms with van der Waals surface area (Å²) in [5, 5.41) is 11.1. The minimum Gasteiger partial charge on any atom is -0.490 e. The van der Waals surface area contributed by atoms with Gasteiger partial charge in [-0.05, 0) is 24.3 Å². The van der Waals surface area contributed by atoms with Crippen molar-refractivity contribution < 1.29 is 9.66 Å². The molecule has 120 valence electrons. The van der Waals surface area contributed by atoms with Crippen molar-refractivity contribution in [3.8, 4) is 5.75 Å². The topological polar surface area (TPSA) is 68.5 Å². The van der Waals surface area contributed by atoms with Crippen LogP contribution in [0.2, 0.25) is 0 Å². The number of hydrogen-bond donors (Lipinski definition) is 0. The fraction of sp³-hybridized carbons (Fsp3) is 0.312. The summed E-state index contributed by atoms with van der Waals surface area (Å²) in [5.74, 6) is 1.28. The number of benzene rings is 1. The Morgan fingerprint density at radius 3 is 2.74 bits per heavy atom. The molecule has 3 rings (SSSR count). The van der Waals surface area contributed by atoms with E-state index in [4.69, 9.17) is 4.74 Å². The van der Waals surface area contributed by atoms with Gasteiger partial charge in [-0.3, -0.25) is 10.1 Å². The van der Waals surface area contributed by atoms with Crippen LogP contribution in [0.3, 0.4) is 0 Å². The molecule has 7 heteroatoms. The molecule has 0 saturated carbocycles. The van der Waals surface area contributed by atoms with Crippen molar-refractivity contribution in [1.82, 2.24) is 4.98 Å². The van der Waals surface area contributed by atoms with E-state index in [-0.39, 0.29) is 16.7 Å². The van der Waals surface area contributed by atoms with E-state index in [1.54, 1.807) is 12.3 Å². The maximum absolute atomic E-state index is 11.1. The van der Waals surface area contributed by atoms with Gasteiger partial charge in [0, 0.05) is 42.7 Å². The fourth-order valence-corrected chi connectivity index (χ4v) is 3.07. The van der Waals surface area contributed by atoms with Crippen molar-refractivity contribution in [2.24, 2.45) is 0 Å². The second-order valence-corrected chi connectivity index (χ2v) is 6.28. The van der Waals surface area contributed by atoms with Crippen LogP contribution < -0.4 is 9.64 Å². The van der Waals surface area contributed by atoms with Gasteiger partial charge in [-0.1, -0.05) is 22.0 Å². The Hall–Kier alpha value is -2.15. The zero-order chi connectivity index (χ0) is 16.2. The molecule has 0 spiro atoms. The summed E-state index contributed by atoms with van der Waals surface area (Å²) in [6, 6.07) is 10.8. The van der Waals surface area contributed by atoms with Crippen molar-refractivity contribution in [2.45, 2.75) is 18.9 Å². The van der Waals surface area contributed by atoms with Crippen LogP contribution in [-0.4, -0.2) is 29.1 Å². The minimum absolute atomic E-state index is 0.0545. The molecule has 23 heavy (non-hydrogen) atoms. The van der Waals surface area contributed by atoms with Gasteiger partial charge in [0.1, 0.15) is 11.9 Å². The number of aromatic nitrogens is 1. The Bertz CT molecular complexity index is 702. The number of rotatable bonds is 4. The monoisotopic (exact) mass is 377 g/mol. The molecule has 2 heterocycles. The summed E-state index contributed by atoms with van der Waals surface area (Å²) in [5.41, 5.74) is 0.0545. The molecule has 1 fully saturated rings. The molecule has 0 amide bonds. The molecule has 6 nitrogen and oxygen atoms in total. The first-order chi connectivity index (χ1) is 11.1. The number of ether oxygens (including phenoxy) is 1. The molecule has 0 N–H and O–H groups in total. The Morgan fingerprint density at radius 2 is 2.04 bits per heavy atom. The maximum Gasteiger partial charge on any atom is 0.311 e. The lowest BCUT2D eigenvalue weighted by Crippen LogP contribution is -2.39. The molecule has 2 aromatic rings. The number of nitrogens with zero attached hydrogens (tertiary/aromatic N) is 3. The van der Waals surface area contributed by atoms with E-state index in [9.17, 15) is 10.1 Å². The third-order valence-corrected chi connectivity index (χ3v) is 4.30. The van der Waals surface area contributed by atoms with Gasteiger partial charge in [-0.15, -0.1) is 0 Å². The van der Waals surface area contributed by atoms with E-state index >= 15 is 0 Å². The summed E-state index contributed by atoms with van der Waals surface area (Å²) in [7, 11) is 0. The van der Waals surface area contributed by atoms with Gasteiger partial charge in [0.05, 0.1) is 4.92 Å². The molecule has 1 aliphatic rings. The van der Waals surface area contributed by atoms with E-state index < -0.39 is 0 Å². The van der Waals surface area contributed by atoms with Crippen LogP contribution in [-0.2, 0) is 0 Å². The lowest BCUT2D eigenvalue weighted by atomic mass is 10.1. The predicted octanol–water partition coefficient (Wildman–Crippen LogP) is 3.80. The van der Waals surface area contributed by atoms with E-state index in [2.05, 4.69) is 20.9 Å². The van der Waals surface area contributed by atoms with Crippen molar-refractivity contribution in [1.29, 1.82) is 0 Å². The summed E-state index contributed by atoms with van der Waals surface area (Å²) in [6.45, 7) is 1.38. The molecule has 1 aromatic carbocycles. The lowest BCUT2D eigenvalue weighted by Gasteiger charge is -2.32. The molecular formula is C16H16BrN3O3. The van der Waals surface area contributed by atoms with Gasteiger partial charge in [0.25, 0.3) is 0 Å². The molecule has 0 bridgehead atoms. The van der Waals surface area contributed by atoms with Crippen molar-refractivity contribution in [3.63, 3.8) is 0 Å². The molecule has 0 unspecified atom stereocenters. The number of hydrogen-bond acceptors (Lipinski definition) is 5. The number of piperidine rings is 1. The summed E-state index contributed by atoms with van der Waals surface area (Å²) < 4.78 is 6.97. The smallest absolute Gasteiger partial charge is 0.311 e. The zero-order valence-electron chi connectivity index (χ0n) is 12.4. The average Bonchev–Trinajstić information content (AvgIpc) is 2.55. The van der Waals surface area contributed by atoms with Crippen LogP contribution >= 0.6 is 15.9 Å². The number of nitro groups is 1. The summed E-state index contributed by atoms with van der Waals surface area (Å²) in [6.07, 6.45) is 3.32. The van der Waals surface area contributed by atoms with E-state index in [1.165, 1.54) is 6.07 Å². The maximum atomic E-state index is 11.1. The number of halogens is 1. The lowest BCUT2D eigenvalue weighted by molar-refractivity contribution is -0.384. The van der Waals surface area contributed by atoms with Gasteiger partial charge >= 0.3 is 5.69 Å². The predicted molar refractivity (Wildman–Crippen MR) is 90.9 cm³/mol. The van der Waals surface area contributed by atoms with Gasteiger partial charge in [0.15, 0.2) is 0 Å². The third-order valence-electron chi connectivity index (χ3n) is 3.80. The van der Waals surface area contributed by atoms with Gasteiger partial charge < -0.3 is 9.64 Å². The third kappa shape index (κ3) is 3.79.